The van der Waals surface area contributed by atoms with E-state index in [2.05, 4.69) is 18.3 Å². The van der Waals surface area contributed by atoms with Crippen LogP contribution in [0.25, 0.3) is 11.0 Å². The molecule has 1 heterocycles. The molecule has 0 aliphatic rings. The maximum atomic E-state index is 12.8. The highest BCUT2D eigenvalue weighted by atomic mass is 16.5. The molecular formula is C26H27N3O2. The lowest BCUT2D eigenvalue weighted by molar-refractivity contribution is -0.122. The zero-order valence-electron chi connectivity index (χ0n) is 18.1. The van der Waals surface area contributed by atoms with E-state index in [1.807, 2.05) is 85.3 Å². The summed E-state index contributed by atoms with van der Waals surface area (Å²) in [7, 11) is 1.98. The van der Waals surface area contributed by atoms with Crippen LogP contribution in [0.15, 0.2) is 72.8 Å². The number of carbonyl (C=O) groups is 1. The average Bonchev–Trinajstić information content (AvgIpc) is 3.12. The molecule has 0 aliphatic carbocycles. The van der Waals surface area contributed by atoms with Crippen LogP contribution in [-0.4, -0.2) is 22.1 Å². The van der Waals surface area contributed by atoms with Crippen molar-refractivity contribution in [3.63, 3.8) is 0 Å². The average molecular weight is 414 g/mol. The van der Waals surface area contributed by atoms with Crippen molar-refractivity contribution in [2.24, 2.45) is 7.05 Å². The summed E-state index contributed by atoms with van der Waals surface area (Å²) >= 11 is 0. The Morgan fingerprint density at radius 1 is 1.00 bits per heavy atom. The molecule has 0 saturated carbocycles. The van der Waals surface area contributed by atoms with Gasteiger partial charge in [0.05, 0.1) is 24.1 Å². The lowest BCUT2D eigenvalue weighted by Crippen LogP contribution is -2.32. The SMILES string of the molecule is Cc1cccc(OCCC(=O)NC(c2ccccc2)c2nc3ccccc3n2C)c1C. The number of carbonyl (C=O) groups excluding carboxylic acids is 1. The Hall–Kier alpha value is -3.60. The van der Waals surface area contributed by atoms with Crippen LogP contribution in [0, 0.1) is 13.8 Å². The normalized spacial score (nSPS) is 12.0. The lowest BCUT2D eigenvalue weighted by atomic mass is 10.1. The summed E-state index contributed by atoms with van der Waals surface area (Å²) in [6, 6.07) is 23.5. The monoisotopic (exact) mass is 413 g/mol. The number of rotatable bonds is 7. The number of imidazole rings is 1. The van der Waals surface area contributed by atoms with Gasteiger partial charge in [-0.05, 0) is 48.7 Å². The Labute approximate surface area is 182 Å². The minimum Gasteiger partial charge on any atom is -0.493 e. The van der Waals surface area contributed by atoms with E-state index in [-0.39, 0.29) is 18.4 Å². The summed E-state index contributed by atoms with van der Waals surface area (Å²) in [5.74, 6) is 1.55. The molecule has 5 nitrogen and oxygen atoms in total. The molecule has 0 aliphatic heterocycles. The predicted molar refractivity (Wildman–Crippen MR) is 123 cm³/mol. The minimum atomic E-state index is -0.341. The van der Waals surface area contributed by atoms with Crippen molar-refractivity contribution in [2.45, 2.75) is 26.3 Å². The molecule has 4 aromatic rings. The van der Waals surface area contributed by atoms with Crippen molar-refractivity contribution >= 4 is 16.9 Å². The smallest absolute Gasteiger partial charge is 0.224 e. The molecule has 0 spiro atoms. The molecule has 0 bridgehead atoms. The first-order valence-corrected chi connectivity index (χ1v) is 10.5. The third kappa shape index (κ3) is 4.45. The molecule has 158 valence electrons. The van der Waals surface area contributed by atoms with E-state index in [1.165, 1.54) is 5.56 Å². The Bertz CT molecular complexity index is 1200. The Morgan fingerprint density at radius 2 is 1.74 bits per heavy atom. The topological polar surface area (TPSA) is 56.1 Å². The third-order valence-corrected chi connectivity index (χ3v) is 5.66. The van der Waals surface area contributed by atoms with Gasteiger partial charge in [-0.15, -0.1) is 0 Å². The van der Waals surface area contributed by atoms with Gasteiger partial charge in [0.25, 0.3) is 0 Å². The number of hydrogen-bond acceptors (Lipinski definition) is 3. The highest BCUT2D eigenvalue weighted by Gasteiger charge is 2.22. The summed E-state index contributed by atoms with van der Waals surface area (Å²) in [6.45, 7) is 4.40. The fourth-order valence-corrected chi connectivity index (χ4v) is 3.73. The van der Waals surface area contributed by atoms with Crippen LogP contribution in [0.1, 0.15) is 35.0 Å². The highest BCUT2D eigenvalue weighted by Crippen LogP contribution is 2.25. The molecule has 1 unspecified atom stereocenters. The molecule has 31 heavy (non-hydrogen) atoms. The molecule has 0 fully saturated rings. The fraction of sp³-hybridized carbons (Fsp3) is 0.231. The van der Waals surface area contributed by atoms with Gasteiger partial charge < -0.3 is 14.6 Å². The molecule has 1 amide bonds. The second kappa shape index (κ2) is 9.04. The second-order valence-electron chi connectivity index (χ2n) is 7.73. The molecule has 3 aromatic carbocycles. The number of fused-ring (bicyclic) bond motifs is 1. The predicted octanol–water partition coefficient (Wildman–Crippen LogP) is 4.86. The van der Waals surface area contributed by atoms with Crippen LogP contribution in [-0.2, 0) is 11.8 Å². The molecule has 4 rings (SSSR count). The Kier molecular flexibility index (Phi) is 6.03. The van der Waals surface area contributed by atoms with Gasteiger partial charge in [0.2, 0.25) is 5.91 Å². The molecule has 5 heteroatoms. The summed E-state index contributed by atoms with van der Waals surface area (Å²) < 4.78 is 7.91. The Morgan fingerprint density at radius 3 is 2.52 bits per heavy atom. The molecule has 0 saturated heterocycles. The second-order valence-corrected chi connectivity index (χ2v) is 7.73. The minimum absolute atomic E-state index is 0.0776. The van der Waals surface area contributed by atoms with Crippen LogP contribution >= 0.6 is 0 Å². The van der Waals surface area contributed by atoms with Crippen molar-refractivity contribution in [1.29, 1.82) is 0 Å². The van der Waals surface area contributed by atoms with Crippen LogP contribution in [0.2, 0.25) is 0 Å². The van der Waals surface area contributed by atoms with Crippen molar-refractivity contribution in [1.82, 2.24) is 14.9 Å². The summed E-state index contributed by atoms with van der Waals surface area (Å²) in [5, 5.41) is 3.16. The van der Waals surface area contributed by atoms with E-state index < -0.39 is 0 Å². The van der Waals surface area contributed by atoms with E-state index >= 15 is 0 Å². The van der Waals surface area contributed by atoms with Crippen molar-refractivity contribution in [2.75, 3.05) is 6.61 Å². The van der Waals surface area contributed by atoms with Crippen LogP contribution < -0.4 is 10.1 Å². The summed E-state index contributed by atoms with van der Waals surface area (Å²) in [4.78, 5) is 17.6. The Balaban J connectivity index is 1.52. The van der Waals surface area contributed by atoms with Gasteiger partial charge in [-0.3, -0.25) is 4.79 Å². The third-order valence-electron chi connectivity index (χ3n) is 5.66. The van der Waals surface area contributed by atoms with E-state index in [1.54, 1.807) is 0 Å². The number of para-hydroxylation sites is 2. The first kappa shape index (κ1) is 20.7. The number of ether oxygens (including phenoxy) is 1. The number of amides is 1. The van der Waals surface area contributed by atoms with Gasteiger partial charge in [-0.25, -0.2) is 4.98 Å². The zero-order valence-corrected chi connectivity index (χ0v) is 18.1. The number of aryl methyl sites for hydroxylation is 2. The number of benzene rings is 3. The van der Waals surface area contributed by atoms with Crippen LogP contribution in [0.5, 0.6) is 5.75 Å². The van der Waals surface area contributed by atoms with Crippen LogP contribution in [0.3, 0.4) is 0 Å². The van der Waals surface area contributed by atoms with Gasteiger partial charge in [-0.2, -0.15) is 0 Å². The summed E-state index contributed by atoms with van der Waals surface area (Å²) in [6.07, 6.45) is 0.265. The van der Waals surface area contributed by atoms with Crippen molar-refractivity contribution in [3.05, 3.63) is 95.3 Å². The quantitative estimate of drug-likeness (QED) is 0.470. The van der Waals surface area contributed by atoms with Gasteiger partial charge in [-0.1, -0.05) is 54.6 Å². The lowest BCUT2D eigenvalue weighted by Gasteiger charge is -2.19. The standard InChI is InChI=1S/C26H27N3O2/c1-18-10-9-15-23(19(18)2)31-17-16-24(30)28-25(20-11-5-4-6-12-20)26-27-21-13-7-8-14-22(21)29(26)3/h4-15,25H,16-17H2,1-3H3,(H,28,30). The van der Waals surface area contributed by atoms with Gasteiger partial charge >= 0.3 is 0 Å². The molecule has 1 atom stereocenters. The van der Waals surface area contributed by atoms with Gasteiger partial charge in [0, 0.05) is 7.05 Å². The van der Waals surface area contributed by atoms with E-state index in [0.29, 0.717) is 6.61 Å². The molecule has 0 radical (unpaired) electrons. The number of hydrogen-bond donors (Lipinski definition) is 1. The van der Waals surface area contributed by atoms with Crippen molar-refractivity contribution < 1.29 is 9.53 Å². The highest BCUT2D eigenvalue weighted by molar-refractivity contribution is 5.78. The van der Waals surface area contributed by atoms with Crippen molar-refractivity contribution in [3.8, 4) is 5.75 Å². The summed E-state index contributed by atoms with van der Waals surface area (Å²) in [5.41, 5.74) is 5.21. The van der Waals surface area contributed by atoms with E-state index in [9.17, 15) is 4.79 Å². The molecule has 1 aromatic heterocycles. The first-order chi connectivity index (χ1) is 15.0. The van der Waals surface area contributed by atoms with E-state index in [0.717, 1.165) is 33.7 Å². The number of nitrogens with one attached hydrogen (secondary N) is 1. The maximum Gasteiger partial charge on any atom is 0.224 e. The van der Waals surface area contributed by atoms with Crippen LogP contribution in [0.4, 0.5) is 0 Å². The first-order valence-electron chi connectivity index (χ1n) is 10.5. The fourth-order valence-electron chi connectivity index (χ4n) is 3.73. The number of aromatic nitrogens is 2. The van der Waals surface area contributed by atoms with Gasteiger partial charge in [0.15, 0.2) is 0 Å². The zero-order chi connectivity index (χ0) is 21.8. The van der Waals surface area contributed by atoms with Gasteiger partial charge in [0.1, 0.15) is 17.6 Å². The molecular weight excluding hydrogens is 386 g/mol. The molecule has 1 N–H and O–H groups in total. The van der Waals surface area contributed by atoms with E-state index in [4.69, 9.17) is 9.72 Å². The maximum absolute atomic E-state index is 12.8. The largest absolute Gasteiger partial charge is 0.493 e. The number of nitrogens with zero attached hydrogens (tertiary/aromatic N) is 2.